The smallest absolute Gasteiger partial charge is 0.343 e. The Morgan fingerprint density at radius 1 is 0.897 bits per heavy atom. The van der Waals surface area contributed by atoms with Crippen LogP contribution in [0.4, 0.5) is 5.69 Å². The van der Waals surface area contributed by atoms with Gasteiger partial charge in [0.15, 0.2) is 0 Å². The van der Waals surface area contributed by atoms with Crippen molar-refractivity contribution in [1.29, 1.82) is 0 Å². The van der Waals surface area contributed by atoms with E-state index in [2.05, 4.69) is 10.5 Å². The Morgan fingerprint density at radius 2 is 1.55 bits per heavy atom. The largest absolute Gasteiger partial charge is 0.478 e. The number of carbonyl (C=O) groups excluding carboxylic acids is 1. The summed E-state index contributed by atoms with van der Waals surface area (Å²) in [7, 11) is 0. The van der Waals surface area contributed by atoms with Crippen LogP contribution in [0.2, 0.25) is 10.0 Å². The monoisotopic (exact) mass is 428 g/mol. The lowest BCUT2D eigenvalue weighted by Gasteiger charge is -2.05. The minimum atomic E-state index is -0.986. The average Bonchev–Trinajstić information content (AvgIpc) is 2.71. The molecule has 6 nitrogen and oxygen atoms in total. The van der Waals surface area contributed by atoms with Gasteiger partial charge < -0.3 is 9.84 Å². The lowest BCUT2D eigenvalue weighted by molar-refractivity contribution is 0.0694. The van der Waals surface area contributed by atoms with Gasteiger partial charge in [-0.1, -0.05) is 23.2 Å². The summed E-state index contributed by atoms with van der Waals surface area (Å²) in [4.78, 5) is 23.0. The molecule has 2 N–H and O–H groups in total. The maximum absolute atomic E-state index is 12.2. The number of aromatic carboxylic acids is 1. The highest BCUT2D eigenvalue weighted by Gasteiger charge is 2.10. The van der Waals surface area contributed by atoms with Crippen molar-refractivity contribution in [3.05, 3.63) is 93.5 Å². The fraction of sp³-hybridized carbons (Fsp3) is 0. The van der Waals surface area contributed by atoms with Crippen molar-refractivity contribution < 1.29 is 19.4 Å². The van der Waals surface area contributed by atoms with Gasteiger partial charge in [0.2, 0.25) is 0 Å². The number of hydrogen-bond acceptors (Lipinski definition) is 5. The standard InChI is InChI=1S/C21H14Cl2N2O4/c22-18-10-5-15(11-19(18)23)21(28)29-17-8-1-13(2-9-17)12-24-25-16-6-3-14(4-7-16)20(26)27/h1-12,25H,(H,26,27)/b24-12-. The highest BCUT2D eigenvalue weighted by molar-refractivity contribution is 6.42. The van der Waals surface area contributed by atoms with Gasteiger partial charge in [0.25, 0.3) is 0 Å². The van der Waals surface area contributed by atoms with Gasteiger partial charge in [0.05, 0.1) is 33.1 Å². The molecule has 0 spiro atoms. The highest BCUT2D eigenvalue weighted by atomic mass is 35.5. The van der Waals surface area contributed by atoms with Crippen LogP contribution in [0.3, 0.4) is 0 Å². The van der Waals surface area contributed by atoms with Crippen LogP contribution in [0.25, 0.3) is 0 Å². The number of rotatable bonds is 6. The van der Waals surface area contributed by atoms with Crippen molar-refractivity contribution in [3.8, 4) is 5.75 Å². The molecule has 29 heavy (non-hydrogen) atoms. The van der Waals surface area contributed by atoms with Crippen molar-refractivity contribution in [2.75, 3.05) is 5.43 Å². The van der Waals surface area contributed by atoms with Crippen molar-refractivity contribution >= 4 is 47.0 Å². The van der Waals surface area contributed by atoms with E-state index in [0.717, 1.165) is 5.56 Å². The number of hydrazone groups is 1. The van der Waals surface area contributed by atoms with E-state index in [-0.39, 0.29) is 10.6 Å². The van der Waals surface area contributed by atoms with Gasteiger partial charge in [-0.05, 0) is 72.3 Å². The molecule has 0 unspecified atom stereocenters. The van der Waals surface area contributed by atoms with E-state index in [0.29, 0.717) is 22.0 Å². The fourth-order valence-corrected chi connectivity index (χ4v) is 2.58. The van der Waals surface area contributed by atoms with Gasteiger partial charge in [0.1, 0.15) is 5.75 Å². The molecule has 0 saturated heterocycles. The van der Waals surface area contributed by atoms with Crippen LogP contribution in [0, 0.1) is 0 Å². The molecule has 0 bridgehead atoms. The third kappa shape index (κ3) is 5.57. The number of carbonyl (C=O) groups is 2. The topological polar surface area (TPSA) is 88.0 Å². The minimum absolute atomic E-state index is 0.200. The fourth-order valence-electron chi connectivity index (χ4n) is 2.28. The summed E-state index contributed by atoms with van der Waals surface area (Å²) < 4.78 is 5.31. The lowest BCUT2D eigenvalue weighted by atomic mass is 10.2. The average molecular weight is 429 g/mol. The highest BCUT2D eigenvalue weighted by Crippen LogP contribution is 2.23. The second-order valence-corrected chi connectivity index (χ2v) is 6.65. The number of anilines is 1. The number of benzene rings is 3. The number of halogens is 2. The molecule has 3 rings (SSSR count). The van der Waals surface area contributed by atoms with Crippen LogP contribution >= 0.6 is 23.2 Å². The Bertz CT molecular complexity index is 1070. The summed E-state index contributed by atoms with van der Waals surface area (Å²) in [5.41, 5.74) is 4.72. The third-order valence-corrected chi connectivity index (χ3v) is 4.52. The molecule has 0 radical (unpaired) electrons. The van der Waals surface area contributed by atoms with E-state index in [9.17, 15) is 9.59 Å². The number of carboxylic acids is 1. The second-order valence-electron chi connectivity index (χ2n) is 5.84. The number of esters is 1. The van der Waals surface area contributed by atoms with Crippen LogP contribution in [0.15, 0.2) is 71.8 Å². The molecule has 0 atom stereocenters. The van der Waals surface area contributed by atoms with Crippen LogP contribution in [0.5, 0.6) is 5.75 Å². The molecule has 0 aliphatic carbocycles. The third-order valence-electron chi connectivity index (χ3n) is 3.79. The minimum Gasteiger partial charge on any atom is -0.478 e. The maximum Gasteiger partial charge on any atom is 0.343 e. The van der Waals surface area contributed by atoms with Gasteiger partial charge in [0, 0.05) is 0 Å². The Hall–Kier alpha value is -3.35. The molecule has 0 aliphatic heterocycles. The predicted molar refractivity (Wildman–Crippen MR) is 112 cm³/mol. The molecule has 0 heterocycles. The molecule has 3 aromatic carbocycles. The molecule has 146 valence electrons. The summed E-state index contributed by atoms with van der Waals surface area (Å²) in [6.45, 7) is 0. The summed E-state index contributed by atoms with van der Waals surface area (Å²) in [6, 6.07) is 17.5. The first-order valence-electron chi connectivity index (χ1n) is 8.32. The molecule has 0 aromatic heterocycles. The lowest BCUT2D eigenvalue weighted by Crippen LogP contribution is -2.08. The normalized spacial score (nSPS) is 10.7. The quantitative estimate of drug-likeness (QED) is 0.239. The summed E-state index contributed by atoms with van der Waals surface area (Å²) in [5, 5.41) is 13.6. The predicted octanol–water partition coefficient (Wildman–Crippen LogP) is 5.36. The van der Waals surface area contributed by atoms with E-state index in [4.69, 9.17) is 33.0 Å². The Morgan fingerprint density at radius 3 is 2.17 bits per heavy atom. The molecule has 0 aliphatic rings. The molecule has 3 aromatic rings. The van der Waals surface area contributed by atoms with Gasteiger partial charge in [-0.25, -0.2) is 9.59 Å². The van der Waals surface area contributed by atoms with Gasteiger partial charge in [-0.2, -0.15) is 5.10 Å². The molecule has 0 amide bonds. The second kappa shape index (κ2) is 9.23. The molecule has 8 heteroatoms. The first kappa shape index (κ1) is 20.4. The molecule has 0 fully saturated rings. The van der Waals surface area contributed by atoms with Gasteiger partial charge in [-0.3, -0.25) is 5.43 Å². The zero-order valence-electron chi connectivity index (χ0n) is 14.8. The number of ether oxygens (including phenoxy) is 1. The van der Waals surface area contributed by atoms with Gasteiger partial charge in [-0.15, -0.1) is 0 Å². The Kier molecular flexibility index (Phi) is 6.49. The Balaban J connectivity index is 1.58. The van der Waals surface area contributed by atoms with E-state index in [1.807, 2.05) is 0 Å². The summed E-state index contributed by atoms with van der Waals surface area (Å²) in [5.74, 6) is -1.16. The van der Waals surface area contributed by atoms with E-state index in [1.54, 1.807) is 42.6 Å². The van der Waals surface area contributed by atoms with Gasteiger partial charge >= 0.3 is 11.9 Å². The van der Waals surface area contributed by atoms with Crippen LogP contribution < -0.4 is 10.2 Å². The van der Waals surface area contributed by atoms with Crippen molar-refractivity contribution in [2.24, 2.45) is 5.10 Å². The first-order chi connectivity index (χ1) is 13.9. The molecular weight excluding hydrogens is 415 g/mol. The molecule has 0 saturated carbocycles. The SMILES string of the molecule is O=C(O)c1ccc(N/N=C\c2ccc(OC(=O)c3ccc(Cl)c(Cl)c3)cc2)cc1. The number of nitrogens with one attached hydrogen (secondary N) is 1. The van der Waals surface area contributed by atoms with Crippen LogP contribution in [-0.2, 0) is 0 Å². The number of carboxylic acid groups (broad SMARTS) is 1. The van der Waals surface area contributed by atoms with Crippen molar-refractivity contribution in [3.63, 3.8) is 0 Å². The van der Waals surface area contributed by atoms with Crippen molar-refractivity contribution in [1.82, 2.24) is 0 Å². The van der Waals surface area contributed by atoms with Crippen LogP contribution in [-0.4, -0.2) is 23.3 Å². The van der Waals surface area contributed by atoms with E-state index in [1.165, 1.54) is 30.3 Å². The maximum atomic E-state index is 12.2. The zero-order chi connectivity index (χ0) is 20.8. The summed E-state index contributed by atoms with van der Waals surface area (Å²) in [6.07, 6.45) is 1.58. The Labute approximate surface area is 176 Å². The van der Waals surface area contributed by atoms with Crippen LogP contribution in [0.1, 0.15) is 26.3 Å². The zero-order valence-corrected chi connectivity index (χ0v) is 16.3. The molecular formula is C21H14Cl2N2O4. The number of nitrogens with zero attached hydrogens (tertiary/aromatic N) is 1. The first-order valence-corrected chi connectivity index (χ1v) is 9.08. The van der Waals surface area contributed by atoms with E-state index >= 15 is 0 Å². The van der Waals surface area contributed by atoms with E-state index < -0.39 is 11.9 Å². The summed E-state index contributed by atoms with van der Waals surface area (Å²) >= 11 is 11.7. The van der Waals surface area contributed by atoms with Crippen molar-refractivity contribution in [2.45, 2.75) is 0 Å². The number of hydrogen-bond donors (Lipinski definition) is 2.